The van der Waals surface area contributed by atoms with E-state index in [0.29, 0.717) is 0 Å². The van der Waals surface area contributed by atoms with Gasteiger partial charge in [-0.05, 0) is 23.8 Å². The van der Waals surface area contributed by atoms with Crippen LogP contribution in [0.4, 0.5) is 0 Å². The third kappa shape index (κ3) is 2.03. The molecule has 1 aliphatic heterocycles. The predicted octanol–water partition coefficient (Wildman–Crippen LogP) is 2.51. The van der Waals surface area contributed by atoms with Crippen LogP contribution in [0.2, 0.25) is 0 Å². The van der Waals surface area contributed by atoms with Gasteiger partial charge in [0.15, 0.2) is 17.3 Å². The van der Waals surface area contributed by atoms with Crippen molar-refractivity contribution >= 4 is 5.78 Å². The second-order valence-electron chi connectivity index (χ2n) is 4.66. The summed E-state index contributed by atoms with van der Waals surface area (Å²) in [5, 5.41) is 28.2. The Labute approximate surface area is 114 Å². The molecule has 0 saturated heterocycles. The minimum atomic E-state index is -0.473. The van der Waals surface area contributed by atoms with E-state index in [1.54, 1.807) is 12.1 Å². The highest BCUT2D eigenvalue weighted by molar-refractivity contribution is 6.00. The molecule has 0 bridgehead atoms. The summed E-state index contributed by atoms with van der Waals surface area (Å²) in [7, 11) is 0. The second-order valence-corrected chi connectivity index (χ2v) is 4.66. The van der Waals surface area contributed by atoms with Crippen LogP contribution in [0.15, 0.2) is 36.4 Å². The molecule has 5 heteroatoms. The molecule has 0 radical (unpaired) electrons. The summed E-state index contributed by atoms with van der Waals surface area (Å²) in [6, 6.07) is 8.84. The lowest BCUT2D eigenvalue weighted by Gasteiger charge is -2.25. The molecule has 0 aromatic heterocycles. The molecular formula is C15H12O5. The minimum absolute atomic E-state index is 0.138. The van der Waals surface area contributed by atoms with Gasteiger partial charge < -0.3 is 20.1 Å². The maximum atomic E-state index is 12.1. The molecule has 20 heavy (non-hydrogen) atoms. The van der Waals surface area contributed by atoms with Gasteiger partial charge in [-0.1, -0.05) is 12.1 Å². The number of rotatable bonds is 1. The lowest BCUT2D eigenvalue weighted by molar-refractivity contribution is 0.0848. The Bertz CT molecular complexity index is 675. The number of carbonyl (C=O) groups is 1. The van der Waals surface area contributed by atoms with Gasteiger partial charge in [0.25, 0.3) is 0 Å². The number of benzene rings is 2. The fourth-order valence-corrected chi connectivity index (χ4v) is 2.22. The van der Waals surface area contributed by atoms with Crippen LogP contribution in [-0.4, -0.2) is 21.1 Å². The van der Waals surface area contributed by atoms with Gasteiger partial charge in [-0.15, -0.1) is 0 Å². The van der Waals surface area contributed by atoms with Gasteiger partial charge in [-0.2, -0.15) is 0 Å². The highest BCUT2D eigenvalue weighted by atomic mass is 16.5. The third-order valence-electron chi connectivity index (χ3n) is 3.28. The number of Topliss-reactive ketones (excluding diaryl/α,β-unsaturated/α-hetero) is 1. The SMILES string of the molecule is O=C1C[C@H](c2ccc(O)cc2)Oc2cc(O)c(O)cc21. The van der Waals surface area contributed by atoms with Crippen LogP contribution in [0.1, 0.15) is 28.4 Å². The van der Waals surface area contributed by atoms with Crippen molar-refractivity contribution in [2.75, 3.05) is 0 Å². The molecule has 0 fully saturated rings. The van der Waals surface area contributed by atoms with E-state index in [-0.39, 0.29) is 40.8 Å². The van der Waals surface area contributed by atoms with Crippen LogP contribution in [0, 0.1) is 0 Å². The van der Waals surface area contributed by atoms with Crippen molar-refractivity contribution < 1.29 is 24.9 Å². The number of aromatic hydroxyl groups is 3. The molecule has 0 spiro atoms. The Kier molecular flexibility index (Phi) is 2.75. The van der Waals surface area contributed by atoms with Crippen molar-refractivity contribution in [1.82, 2.24) is 0 Å². The average molecular weight is 272 g/mol. The van der Waals surface area contributed by atoms with E-state index in [1.165, 1.54) is 24.3 Å². The Morgan fingerprint density at radius 1 is 1.00 bits per heavy atom. The molecule has 2 aromatic carbocycles. The quantitative estimate of drug-likeness (QED) is 0.694. The highest BCUT2D eigenvalue weighted by Crippen LogP contribution is 2.40. The first-order valence-electron chi connectivity index (χ1n) is 6.09. The summed E-state index contributed by atoms with van der Waals surface area (Å²) >= 11 is 0. The van der Waals surface area contributed by atoms with E-state index in [4.69, 9.17) is 4.74 Å². The van der Waals surface area contributed by atoms with Gasteiger partial charge in [0.1, 0.15) is 17.6 Å². The zero-order valence-corrected chi connectivity index (χ0v) is 10.4. The molecule has 1 heterocycles. The zero-order chi connectivity index (χ0) is 14.3. The third-order valence-corrected chi connectivity index (χ3v) is 3.28. The number of hydrogen-bond acceptors (Lipinski definition) is 5. The second kappa shape index (κ2) is 4.45. The maximum absolute atomic E-state index is 12.1. The molecular weight excluding hydrogens is 260 g/mol. The molecule has 102 valence electrons. The summed E-state index contributed by atoms with van der Waals surface area (Å²) in [6.07, 6.45) is -0.332. The van der Waals surface area contributed by atoms with Crippen LogP contribution in [0.3, 0.4) is 0 Å². The number of fused-ring (bicyclic) bond motifs is 1. The van der Waals surface area contributed by atoms with E-state index in [0.717, 1.165) is 5.56 Å². The zero-order valence-electron chi connectivity index (χ0n) is 10.4. The lowest BCUT2D eigenvalue weighted by atomic mass is 9.96. The van der Waals surface area contributed by atoms with Gasteiger partial charge in [0.2, 0.25) is 0 Å². The Hall–Kier alpha value is -2.69. The molecule has 3 rings (SSSR count). The van der Waals surface area contributed by atoms with Crippen LogP contribution in [-0.2, 0) is 0 Å². The molecule has 3 N–H and O–H groups in total. The number of phenols is 3. The first-order chi connectivity index (χ1) is 9.54. The first kappa shape index (κ1) is 12.3. The van der Waals surface area contributed by atoms with Crippen LogP contribution in [0.5, 0.6) is 23.0 Å². The molecule has 1 aliphatic rings. The van der Waals surface area contributed by atoms with Crippen molar-refractivity contribution in [3.8, 4) is 23.0 Å². The number of ketones is 1. The predicted molar refractivity (Wildman–Crippen MR) is 70.2 cm³/mol. The summed E-state index contributed by atoms with van der Waals surface area (Å²) < 4.78 is 5.69. The molecule has 1 atom stereocenters. The number of carbonyl (C=O) groups excluding carboxylic acids is 1. The average Bonchev–Trinajstić information content (AvgIpc) is 2.42. The van der Waals surface area contributed by atoms with Crippen molar-refractivity contribution in [1.29, 1.82) is 0 Å². The summed E-state index contributed by atoms with van der Waals surface area (Å²) in [4.78, 5) is 12.1. The van der Waals surface area contributed by atoms with E-state index < -0.39 is 6.10 Å². The molecule has 2 aromatic rings. The molecule has 0 unspecified atom stereocenters. The van der Waals surface area contributed by atoms with Crippen LogP contribution < -0.4 is 4.74 Å². The lowest BCUT2D eigenvalue weighted by Crippen LogP contribution is -2.20. The Morgan fingerprint density at radius 2 is 1.65 bits per heavy atom. The van der Waals surface area contributed by atoms with E-state index in [2.05, 4.69) is 0 Å². The summed E-state index contributed by atoms with van der Waals surface area (Å²) in [6.45, 7) is 0. The van der Waals surface area contributed by atoms with E-state index in [9.17, 15) is 20.1 Å². The van der Waals surface area contributed by atoms with Gasteiger partial charge in [-0.25, -0.2) is 0 Å². The monoisotopic (exact) mass is 272 g/mol. The number of phenolic OH excluding ortho intramolecular Hbond substituents is 3. The van der Waals surface area contributed by atoms with Crippen LogP contribution >= 0.6 is 0 Å². The smallest absolute Gasteiger partial charge is 0.170 e. The molecule has 0 saturated carbocycles. The van der Waals surface area contributed by atoms with Gasteiger partial charge in [-0.3, -0.25) is 4.79 Å². The topological polar surface area (TPSA) is 87.0 Å². The number of ether oxygens (including phenoxy) is 1. The minimum Gasteiger partial charge on any atom is -0.508 e. The van der Waals surface area contributed by atoms with Crippen LogP contribution in [0.25, 0.3) is 0 Å². The molecule has 0 aliphatic carbocycles. The summed E-state index contributed by atoms with van der Waals surface area (Å²) in [5.41, 5.74) is 1.02. The normalized spacial score (nSPS) is 17.4. The van der Waals surface area contributed by atoms with Gasteiger partial charge >= 0.3 is 0 Å². The first-order valence-corrected chi connectivity index (χ1v) is 6.09. The Balaban J connectivity index is 1.98. The standard InChI is InChI=1S/C15H12O5/c16-9-3-1-8(2-4-9)14-6-11(17)10-5-12(18)13(19)7-15(10)20-14/h1-5,7,14,16,18-19H,6H2/t14-/m1/s1. The molecule has 5 nitrogen and oxygen atoms in total. The highest BCUT2D eigenvalue weighted by Gasteiger charge is 2.29. The van der Waals surface area contributed by atoms with E-state index >= 15 is 0 Å². The van der Waals surface area contributed by atoms with Gasteiger partial charge in [0, 0.05) is 6.07 Å². The fraction of sp³-hybridized carbons (Fsp3) is 0.133. The maximum Gasteiger partial charge on any atom is 0.170 e. The largest absolute Gasteiger partial charge is 0.508 e. The van der Waals surface area contributed by atoms with Gasteiger partial charge in [0.05, 0.1) is 12.0 Å². The summed E-state index contributed by atoms with van der Waals surface area (Å²) in [5.74, 6) is -0.459. The molecule has 0 amide bonds. The Morgan fingerprint density at radius 3 is 2.35 bits per heavy atom. The van der Waals surface area contributed by atoms with Crippen molar-refractivity contribution in [3.05, 3.63) is 47.5 Å². The van der Waals surface area contributed by atoms with Crippen molar-refractivity contribution in [3.63, 3.8) is 0 Å². The van der Waals surface area contributed by atoms with E-state index in [1.807, 2.05) is 0 Å². The van der Waals surface area contributed by atoms with Crippen molar-refractivity contribution in [2.45, 2.75) is 12.5 Å². The fourth-order valence-electron chi connectivity index (χ4n) is 2.22. The van der Waals surface area contributed by atoms with Crippen molar-refractivity contribution in [2.24, 2.45) is 0 Å². The number of hydrogen-bond donors (Lipinski definition) is 3.